The highest BCUT2D eigenvalue weighted by atomic mass is 79.9. The van der Waals surface area contributed by atoms with Crippen molar-refractivity contribution in [2.45, 2.75) is 25.2 Å². The lowest BCUT2D eigenvalue weighted by atomic mass is 9.83. The molecule has 0 atom stereocenters. The Labute approximate surface area is 96.8 Å². The molecule has 1 aliphatic carbocycles. The first kappa shape index (κ1) is 10.6. The summed E-state index contributed by atoms with van der Waals surface area (Å²) in [5, 5.41) is 0. The topological polar surface area (TPSA) is 34.1 Å². The highest BCUT2D eigenvalue weighted by Gasteiger charge is 2.27. The van der Waals surface area contributed by atoms with Gasteiger partial charge in [0.05, 0.1) is 6.42 Å². The molecule has 0 heterocycles. The van der Waals surface area contributed by atoms with Gasteiger partial charge >= 0.3 is 0 Å². The van der Waals surface area contributed by atoms with E-state index in [1.165, 1.54) is 0 Å². The van der Waals surface area contributed by atoms with Crippen LogP contribution in [0.15, 0.2) is 28.7 Å². The molecule has 1 aliphatic rings. The zero-order valence-corrected chi connectivity index (χ0v) is 9.79. The molecular formula is C12H11BrO2. The maximum atomic E-state index is 11.3. The first-order chi connectivity index (χ1) is 7.16. The summed E-state index contributed by atoms with van der Waals surface area (Å²) in [5.41, 5.74) is 1.07. The minimum Gasteiger partial charge on any atom is -0.299 e. The van der Waals surface area contributed by atoms with Crippen molar-refractivity contribution in [3.8, 4) is 0 Å². The second-order valence-corrected chi connectivity index (χ2v) is 4.74. The van der Waals surface area contributed by atoms with E-state index in [1.54, 1.807) is 0 Å². The number of carbonyl (C=O) groups excluding carboxylic acids is 2. The molecule has 1 aromatic carbocycles. The minimum absolute atomic E-state index is 0.0620. The van der Waals surface area contributed by atoms with Crippen LogP contribution in [0.4, 0.5) is 0 Å². The summed E-state index contributed by atoms with van der Waals surface area (Å²) in [4.78, 5) is 22.7. The molecule has 78 valence electrons. The molecule has 0 saturated heterocycles. The van der Waals surface area contributed by atoms with Gasteiger partial charge in [-0.1, -0.05) is 34.1 Å². The van der Waals surface area contributed by atoms with Crippen LogP contribution in [0.1, 0.15) is 30.7 Å². The minimum atomic E-state index is 0.0620. The van der Waals surface area contributed by atoms with E-state index >= 15 is 0 Å². The number of rotatable bonds is 1. The van der Waals surface area contributed by atoms with Crippen molar-refractivity contribution < 1.29 is 9.59 Å². The van der Waals surface area contributed by atoms with E-state index in [0.717, 1.165) is 10.0 Å². The van der Waals surface area contributed by atoms with Gasteiger partial charge in [-0.25, -0.2) is 0 Å². The van der Waals surface area contributed by atoms with Gasteiger partial charge in [0.15, 0.2) is 0 Å². The van der Waals surface area contributed by atoms with E-state index < -0.39 is 0 Å². The molecule has 0 amide bonds. The average molecular weight is 267 g/mol. The van der Waals surface area contributed by atoms with Gasteiger partial charge in [0.2, 0.25) is 0 Å². The van der Waals surface area contributed by atoms with Crippen molar-refractivity contribution >= 4 is 27.5 Å². The summed E-state index contributed by atoms with van der Waals surface area (Å²) in [5.74, 6) is 0.188. The predicted molar refractivity (Wildman–Crippen MR) is 60.7 cm³/mol. The molecule has 15 heavy (non-hydrogen) atoms. The van der Waals surface area contributed by atoms with Crippen LogP contribution < -0.4 is 0 Å². The molecule has 3 heteroatoms. The zero-order valence-electron chi connectivity index (χ0n) is 8.20. The highest BCUT2D eigenvalue weighted by molar-refractivity contribution is 9.10. The average Bonchev–Trinajstić information content (AvgIpc) is 2.16. The van der Waals surface area contributed by atoms with Crippen LogP contribution in [0.25, 0.3) is 0 Å². The maximum Gasteiger partial charge on any atom is 0.140 e. The third-order valence-corrected chi connectivity index (χ3v) is 3.41. The Morgan fingerprint density at radius 3 is 2.27 bits per heavy atom. The van der Waals surface area contributed by atoms with Gasteiger partial charge in [-0.2, -0.15) is 0 Å². The van der Waals surface area contributed by atoms with Crippen LogP contribution in [-0.2, 0) is 9.59 Å². The van der Waals surface area contributed by atoms with Crippen molar-refractivity contribution in [3.63, 3.8) is 0 Å². The Kier molecular flexibility index (Phi) is 3.00. The molecule has 0 aromatic heterocycles. The molecule has 2 rings (SSSR count). The number of hydrogen-bond donors (Lipinski definition) is 0. The molecule has 1 fully saturated rings. The van der Waals surface area contributed by atoms with E-state index in [2.05, 4.69) is 15.9 Å². The molecule has 0 aliphatic heterocycles. The molecule has 0 N–H and O–H groups in total. The Bertz CT molecular complexity index is 396. The first-order valence-electron chi connectivity index (χ1n) is 4.94. The van der Waals surface area contributed by atoms with Gasteiger partial charge in [-0.05, 0) is 17.5 Å². The van der Waals surface area contributed by atoms with E-state index in [1.807, 2.05) is 24.3 Å². The first-order valence-corrected chi connectivity index (χ1v) is 5.74. The van der Waals surface area contributed by atoms with Crippen molar-refractivity contribution in [1.82, 2.24) is 0 Å². The third-order valence-electron chi connectivity index (χ3n) is 2.69. The Morgan fingerprint density at radius 2 is 1.67 bits per heavy atom. The molecular weight excluding hydrogens is 256 g/mol. The Morgan fingerprint density at radius 1 is 1.07 bits per heavy atom. The van der Waals surface area contributed by atoms with Gasteiger partial charge < -0.3 is 0 Å². The summed E-state index contributed by atoms with van der Waals surface area (Å²) in [6, 6.07) is 7.78. The third kappa shape index (κ3) is 2.34. The number of ketones is 2. The number of hydrogen-bond acceptors (Lipinski definition) is 2. The summed E-state index contributed by atoms with van der Waals surface area (Å²) in [6.45, 7) is 0. The van der Waals surface area contributed by atoms with Crippen LogP contribution >= 0.6 is 15.9 Å². The number of halogens is 1. The largest absolute Gasteiger partial charge is 0.299 e. The quantitative estimate of drug-likeness (QED) is 0.733. The Balaban J connectivity index is 2.27. The summed E-state index contributed by atoms with van der Waals surface area (Å²) >= 11 is 3.45. The standard InChI is InChI=1S/C12H11BrO2/c13-12-4-2-1-3-11(12)8-5-9(14)7-10(15)6-8/h1-4,8H,5-7H2. The normalized spacial score (nSPS) is 18.2. The van der Waals surface area contributed by atoms with Crippen molar-refractivity contribution in [3.05, 3.63) is 34.3 Å². The van der Waals surface area contributed by atoms with Crippen LogP contribution in [0.5, 0.6) is 0 Å². The number of benzene rings is 1. The van der Waals surface area contributed by atoms with Gasteiger partial charge in [-0.3, -0.25) is 9.59 Å². The summed E-state index contributed by atoms with van der Waals surface area (Å²) in [6.07, 6.45) is 1.11. The number of carbonyl (C=O) groups is 2. The van der Waals surface area contributed by atoms with Crippen LogP contribution in [-0.4, -0.2) is 11.6 Å². The number of Topliss-reactive ketones (excluding diaryl/α,β-unsaturated/α-hetero) is 2. The predicted octanol–water partition coefficient (Wildman–Crippen LogP) is 2.85. The lowest BCUT2D eigenvalue weighted by Gasteiger charge is -2.21. The van der Waals surface area contributed by atoms with Gasteiger partial charge in [-0.15, -0.1) is 0 Å². The molecule has 0 bridgehead atoms. The molecule has 0 radical (unpaired) electrons. The summed E-state index contributed by atoms with van der Waals surface area (Å²) < 4.78 is 0.984. The monoisotopic (exact) mass is 266 g/mol. The van der Waals surface area contributed by atoms with Gasteiger partial charge in [0, 0.05) is 17.3 Å². The molecule has 1 aromatic rings. The van der Waals surface area contributed by atoms with Crippen LogP contribution in [0, 0.1) is 0 Å². The fourth-order valence-corrected chi connectivity index (χ4v) is 2.62. The zero-order chi connectivity index (χ0) is 10.8. The van der Waals surface area contributed by atoms with Crippen LogP contribution in [0.3, 0.4) is 0 Å². The van der Waals surface area contributed by atoms with E-state index in [-0.39, 0.29) is 23.9 Å². The fraction of sp³-hybridized carbons (Fsp3) is 0.333. The second kappa shape index (κ2) is 4.27. The maximum absolute atomic E-state index is 11.3. The molecule has 0 unspecified atom stereocenters. The second-order valence-electron chi connectivity index (χ2n) is 3.88. The van der Waals surface area contributed by atoms with Crippen molar-refractivity contribution in [1.29, 1.82) is 0 Å². The van der Waals surface area contributed by atoms with Crippen LogP contribution in [0.2, 0.25) is 0 Å². The fourth-order valence-electron chi connectivity index (χ4n) is 2.01. The highest BCUT2D eigenvalue weighted by Crippen LogP contribution is 2.33. The molecule has 0 spiro atoms. The Hall–Kier alpha value is -0.960. The van der Waals surface area contributed by atoms with Gasteiger partial charge in [0.1, 0.15) is 11.6 Å². The molecule has 2 nitrogen and oxygen atoms in total. The van der Waals surface area contributed by atoms with Gasteiger partial charge in [0.25, 0.3) is 0 Å². The van der Waals surface area contributed by atoms with Crippen molar-refractivity contribution in [2.24, 2.45) is 0 Å². The lowest BCUT2D eigenvalue weighted by molar-refractivity contribution is -0.130. The van der Waals surface area contributed by atoms with E-state index in [0.29, 0.717) is 12.8 Å². The molecule has 1 saturated carbocycles. The smallest absolute Gasteiger partial charge is 0.140 e. The van der Waals surface area contributed by atoms with E-state index in [9.17, 15) is 9.59 Å². The van der Waals surface area contributed by atoms with E-state index in [4.69, 9.17) is 0 Å². The van der Waals surface area contributed by atoms with Crippen molar-refractivity contribution in [2.75, 3.05) is 0 Å². The SMILES string of the molecule is O=C1CC(=O)CC(c2ccccc2Br)C1. The summed E-state index contributed by atoms with van der Waals surface area (Å²) in [7, 11) is 0. The lowest BCUT2D eigenvalue weighted by Crippen LogP contribution is -2.21.